The second kappa shape index (κ2) is 9.06. The zero-order valence-corrected chi connectivity index (χ0v) is 17.9. The molecule has 0 radical (unpaired) electrons. The number of thioether (sulfide) groups is 1. The maximum atomic E-state index is 12.7. The van der Waals surface area contributed by atoms with Crippen molar-refractivity contribution in [3.63, 3.8) is 0 Å². The van der Waals surface area contributed by atoms with Gasteiger partial charge in [-0.1, -0.05) is 30.4 Å². The van der Waals surface area contributed by atoms with E-state index in [1.807, 2.05) is 24.3 Å². The molecule has 0 saturated carbocycles. The van der Waals surface area contributed by atoms with Gasteiger partial charge in [0.15, 0.2) is 0 Å². The van der Waals surface area contributed by atoms with Crippen molar-refractivity contribution in [3.05, 3.63) is 46.6 Å². The molecule has 0 unspecified atom stereocenters. The highest BCUT2D eigenvalue weighted by molar-refractivity contribution is 8.26. The monoisotopic (exact) mass is 443 g/mol. The number of furan rings is 1. The van der Waals surface area contributed by atoms with Gasteiger partial charge < -0.3 is 14.3 Å². The van der Waals surface area contributed by atoms with Gasteiger partial charge in [-0.05, 0) is 48.7 Å². The zero-order chi connectivity index (χ0) is 21.1. The Bertz CT molecular complexity index is 1030. The van der Waals surface area contributed by atoms with E-state index < -0.39 is 5.97 Å². The van der Waals surface area contributed by atoms with Gasteiger partial charge in [-0.15, -0.1) is 0 Å². The second-order valence-electron chi connectivity index (χ2n) is 7.16. The first-order valence-electron chi connectivity index (χ1n) is 9.84. The summed E-state index contributed by atoms with van der Waals surface area (Å²) in [6.45, 7) is 1.21. The predicted molar refractivity (Wildman–Crippen MR) is 119 cm³/mol. The third-order valence-electron chi connectivity index (χ3n) is 5.02. The summed E-state index contributed by atoms with van der Waals surface area (Å²) in [7, 11) is 0. The number of ether oxygens (including phenoxy) is 1. The maximum Gasteiger partial charge on any atom is 0.303 e. The van der Waals surface area contributed by atoms with Crippen LogP contribution in [0.2, 0.25) is 0 Å². The topological polar surface area (TPSA) is 80.0 Å². The molecule has 2 aromatic rings. The summed E-state index contributed by atoms with van der Waals surface area (Å²) in [6, 6.07) is 9.75. The van der Waals surface area contributed by atoms with E-state index in [4.69, 9.17) is 26.5 Å². The first-order valence-corrected chi connectivity index (χ1v) is 11.1. The van der Waals surface area contributed by atoms with E-state index in [1.54, 1.807) is 11.0 Å². The van der Waals surface area contributed by atoms with Crippen LogP contribution in [-0.4, -0.2) is 39.4 Å². The van der Waals surface area contributed by atoms with Crippen molar-refractivity contribution in [2.24, 2.45) is 0 Å². The Morgan fingerprint density at radius 1 is 1.23 bits per heavy atom. The number of carbonyl (C=O) groups is 2. The van der Waals surface area contributed by atoms with Crippen LogP contribution in [0.3, 0.4) is 0 Å². The van der Waals surface area contributed by atoms with Crippen molar-refractivity contribution < 1.29 is 23.8 Å². The number of amides is 1. The summed E-state index contributed by atoms with van der Waals surface area (Å²) in [5.41, 5.74) is 2.16. The smallest absolute Gasteiger partial charge is 0.303 e. The van der Waals surface area contributed by atoms with E-state index >= 15 is 0 Å². The minimum atomic E-state index is -0.797. The average Bonchev–Trinajstić information content (AvgIpc) is 3.43. The SMILES string of the molecule is O=C(O)CCCCCN1C(=O)/C(=C/c2ccc(-c3ccc4c(c3)CCO4)o2)SC1=S. The van der Waals surface area contributed by atoms with E-state index in [0.29, 0.717) is 34.6 Å². The quantitative estimate of drug-likeness (QED) is 0.359. The molecule has 2 aliphatic heterocycles. The Morgan fingerprint density at radius 2 is 2.10 bits per heavy atom. The van der Waals surface area contributed by atoms with E-state index in [2.05, 4.69) is 6.07 Å². The van der Waals surface area contributed by atoms with Crippen LogP contribution in [0.1, 0.15) is 37.0 Å². The van der Waals surface area contributed by atoms with Gasteiger partial charge >= 0.3 is 5.97 Å². The van der Waals surface area contributed by atoms with Gasteiger partial charge in [-0.3, -0.25) is 14.5 Å². The fourth-order valence-electron chi connectivity index (χ4n) is 3.47. The molecule has 1 aromatic carbocycles. The van der Waals surface area contributed by atoms with Crippen LogP contribution in [-0.2, 0) is 16.0 Å². The lowest BCUT2D eigenvalue weighted by Gasteiger charge is -2.13. The molecule has 1 saturated heterocycles. The molecule has 0 atom stereocenters. The van der Waals surface area contributed by atoms with Gasteiger partial charge in [0.05, 0.1) is 11.5 Å². The van der Waals surface area contributed by atoms with E-state index in [0.717, 1.165) is 36.3 Å². The maximum absolute atomic E-state index is 12.7. The lowest BCUT2D eigenvalue weighted by molar-refractivity contribution is -0.137. The predicted octanol–water partition coefficient (Wildman–Crippen LogP) is 4.73. The summed E-state index contributed by atoms with van der Waals surface area (Å²) >= 11 is 6.61. The van der Waals surface area contributed by atoms with Crippen molar-refractivity contribution in [3.8, 4) is 17.1 Å². The molecule has 156 valence electrons. The van der Waals surface area contributed by atoms with Gasteiger partial charge in [0.2, 0.25) is 0 Å². The highest BCUT2D eigenvalue weighted by Crippen LogP contribution is 2.35. The largest absolute Gasteiger partial charge is 0.493 e. The first-order chi connectivity index (χ1) is 14.5. The molecule has 0 bridgehead atoms. The summed E-state index contributed by atoms with van der Waals surface area (Å²) in [4.78, 5) is 25.4. The lowest BCUT2D eigenvalue weighted by atomic mass is 10.1. The third kappa shape index (κ3) is 4.60. The van der Waals surface area contributed by atoms with Crippen LogP contribution in [0.15, 0.2) is 39.7 Å². The number of rotatable bonds is 8. The number of aliphatic carboxylic acids is 1. The molecule has 1 aromatic heterocycles. The zero-order valence-electron chi connectivity index (χ0n) is 16.3. The average molecular weight is 444 g/mol. The molecule has 0 spiro atoms. The number of hydrogen-bond donors (Lipinski definition) is 1. The van der Waals surface area contributed by atoms with Crippen LogP contribution in [0.5, 0.6) is 5.75 Å². The Kier molecular flexibility index (Phi) is 6.24. The van der Waals surface area contributed by atoms with Crippen molar-refractivity contribution in [2.45, 2.75) is 32.1 Å². The fraction of sp³-hybridized carbons (Fsp3) is 0.318. The number of fused-ring (bicyclic) bond motifs is 1. The number of hydrogen-bond acceptors (Lipinski definition) is 6. The molecule has 1 fully saturated rings. The molecule has 3 heterocycles. The van der Waals surface area contributed by atoms with Crippen molar-refractivity contribution in [1.29, 1.82) is 0 Å². The van der Waals surface area contributed by atoms with Crippen LogP contribution in [0.25, 0.3) is 17.4 Å². The normalized spacial score (nSPS) is 16.9. The molecule has 2 aliphatic rings. The summed E-state index contributed by atoms with van der Waals surface area (Å²) in [5, 5.41) is 8.69. The highest BCUT2D eigenvalue weighted by atomic mass is 32.2. The molecular formula is C22H21NO5S2. The number of benzene rings is 1. The lowest BCUT2D eigenvalue weighted by Crippen LogP contribution is -2.29. The van der Waals surface area contributed by atoms with Crippen molar-refractivity contribution in [1.82, 2.24) is 4.90 Å². The molecule has 1 amide bonds. The number of carbonyl (C=O) groups excluding carboxylic acids is 1. The first kappa shape index (κ1) is 20.7. The van der Waals surface area contributed by atoms with E-state index in [-0.39, 0.29) is 12.3 Å². The molecule has 6 nitrogen and oxygen atoms in total. The molecular weight excluding hydrogens is 422 g/mol. The van der Waals surface area contributed by atoms with Crippen LogP contribution >= 0.6 is 24.0 Å². The minimum Gasteiger partial charge on any atom is -0.493 e. The van der Waals surface area contributed by atoms with Gasteiger partial charge in [0.25, 0.3) is 5.91 Å². The Balaban J connectivity index is 1.40. The Morgan fingerprint density at radius 3 is 2.93 bits per heavy atom. The second-order valence-corrected chi connectivity index (χ2v) is 8.84. The Labute approximate surface area is 183 Å². The minimum absolute atomic E-state index is 0.129. The van der Waals surface area contributed by atoms with Gasteiger partial charge in [0, 0.05) is 31.0 Å². The number of thiocarbonyl (C=S) groups is 1. The number of carboxylic acid groups (broad SMARTS) is 1. The molecule has 1 N–H and O–H groups in total. The van der Waals surface area contributed by atoms with E-state index in [9.17, 15) is 9.59 Å². The van der Waals surface area contributed by atoms with Crippen molar-refractivity contribution >= 4 is 46.3 Å². The van der Waals surface area contributed by atoms with Crippen LogP contribution in [0, 0.1) is 0 Å². The standard InChI is InChI=1S/C22H21NO5S2/c24-20(25)4-2-1-3-10-23-21(26)19(30-22(23)29)13-16-6-8-18(28-16)14-5-7-17-15(12-14)9-11-27-17/h5-8,12-13H,1-4,9-11H2,(H,24,25)/b19-13-. The van der Waals surface area contributed by atoms with E-state index in [1.165, 1.54) is 17.3 Å². The molecule has 0 aliphatic carbocycles. The van der Waals surface area contributed by atoms with Gasteiger partial charge in [0.1, 0.15) is 21.6 Å². The van der Waals surface area contributed by atoms with Gasteiger partial charge in [-0.25, -0.2) is 0 Å². The van der Waals surface area contributed by atoms with Crippen LogP contribution < -0.4 is 4.74 Å². The third-order valence-corrected chi connectivity index (χ3v) is 6.40. The summed E-state index contributed by atoms with van der Waals surface area (Å²) in [6.07, 6.45) is 4.84. The molecule has 8 heteroatoms. The summed E-state index contributed by atoms with van der Waals surface area (Å²) in [5.74, 6) is 1.34. The van der Waals surface area contributed by atoms with Crippen LogP contribution in [0.4, 0.5) is 0 Å². The number of nitrogens with zero attached hydrogens (tertiary/aromatic N) is 1. The summed E-state index contributed by atoms with van der Waals surface area (Å²) < 4.78 is 12.0. The molecule has 4 rings (SSSR count). The Hall–Kier alpha value is -2.58. The number of carboxylic acids is 1. The van der Waals surface area contributed by atoms with Gasteiger partial charge in [-0.2, -0.15) is 0 Å². The van der Waals surface area contributed by atoms with Crippen molar-refractivity contribution in [2.75, 3.05) is 13.2 Å². The fourth-order valence-corrected chi connectivity index (χ4v) is 4.76. The number of unbranched alkanes of at least 4 members (excludes halogenated alkanes) is 2. The molecule has 30 heavy (non-hydrogen) atoms. The highest BCUT2D eigenvalue weighted by Gasteiger charge is 2.31.